The highest BCUT2D eigenvalue weighted by molar-refractivity contribution is 6.31. The number of nitrogens with two attached hydrogens (primary N) is 1. The molecule has 0 amide bonds. The van der Waals surface area contributed by atoms with Crippen molar-refractivity contribution in [3.05, 3.63) is 59.0 Å². The summed E-state index contributed by atoms with van der Waals surface area (Å²) >= 11 is 6.23. The number of aromatic nitrogens is 3. The summed E-state index contributed by atoms with van der Waals surface area (Å²) in [6.45, 7) is 0. The smallest absolute Gasteiger partial charge is 0.0900 e. The first-order valence-electron chi connectivity index (χ1n) is 6.19. The number of rotatable bonds is 3. The van der Waals surface area contributed by atoms with E-state index in [4.69, 9.17) is 17.4 Å². The number of benzene rings is 1. The summed E-state index contributed by atoms with van der Waals surface area (Å²) < 4.78 is 1.72. The van der Waals surface area contributed by atoms with Crippen LogP contribution in [-0.2, 0) is 7.05 Å². The number of nitrogens with zero attached hydrogens (tertiary/aromatic N) is 3. The molecule has 6 heteroatoms. The molecule has 0 radical (unpaired) electrons. The number of pyridine rings is 1. The Morgan fingerprint density at radius 1 is 1.30 bits per heavy atom. The Morgan fingerprint density at radius 3 is 2.80 bits per heavy atom. The van der Waals surface area contributed by atoms with Crippen molar-refractivity contribution in [1.29, 1.82) is 0 Å². The molecule has 102 valence electrons. The summed E-state index contributed by atoms with van der Waals surface area (Å²) in [5, 5.41) is 5.78. The molecule has 20 heavy (non-hydrogen) atoms. The van der Waals surface area contributed by atoms with Crippen LogP contribution in [0.3, 0.4) is 0 Å². The minimum atomic E-state index is -0.247. The summed E-state index contributed by atoms with van der Waals surface area (Å²) in [7, 11) is 1.84. The van der Waals surface area contributed by atoms with E-state index in [1.54, 1.807) is 17.1 Å². The third kappa shape index (κ3) is 2.06. The number of hydrazine groups is 1. The Balaban J connectivity index is 2.22. The Hall–Kier alpha value is -1.95. The van der Waals surface area contributed by atoms with Crippen molar-refractivity contribution >= 4 is 22.5 Å². The van der Waals surface area contributed by atoms with Gasteiger partial charge in [0.15, 0.2) is 0 Å². The molecule has 0 aliphatic rings. The maximum absolute atomic E-state index is 6.23. The fraction of sp³-hybridized carbons (Fsp3) is 0.143. The lowest BCUT2D eigenvalue weighted by Gasteiger charge is -2.19. The fourth-order valence-corrected chi connectivity index (χ4v) is 2.71. The molecule has 0 aliphatic carbocycles. The Bertz CT molecular complexity index is 727. The highest BCUT2D eigenvalue weighted by Gasteiger charge is 2.21. The second-order valence-electron chi connectivity index (χ2n) is 4.52. The minimum Gasteiger partial charge on any atom is -0.271 e. The lowest BCUT2D eigenvalue weighted by molar-refractivity contribution is 0.578. The van der Waals surface area contributed by atoms with E-state index in [0.717, 1.165) is 22.2 Å². The summed E-state index contributed by atoms with van der Waals surface area (Å²) in [5.74, 6) is 5.75. The van der Waals surface area contributed by atoms with Gasteiger partial charge in [-0.05, 0) is 17.7 Å². The maximum atomic E-state index is 6.23. The van der Waals surface area contributed by atoms with Crippen LogP contribution in [0.4, 0.5) is 0 Å². The van der Waals surface area contributed by atoms with E-state index in [1.165, 1.54) is 0 Å². The Morgan fingerprint density at radius 2 is 2.10 bits per heavy atom. The molecule has 1 aromatic carbocycles. The lowest BCUT2D eigenvalue weighted by atomic mass is 10.00. The zero-order chi connectivity index (χ0) is 14.1. The molecular weight excluding hydrogens is 274 g/mol. The van der Waals surface area contributed by atoms with Crippen molar-refractivity contribution in [2.75, 3.05) is 0 Å². The van der Waals surface area contributed by atoms with Gasteiger partial charge in [0.25, 0.3) is 0 Å². The van der Waals surface area contributed by atoms with Gasteiger partial charge in [-0.2, -0.15) is 5.10 Å². The Kier molecular flexibility index (Phi) is 3.40. The lowest BCUT2D eigenvalue weighted by Crippen LogP contribution is -2.30. The first kappa shape index (κ1) is 13.1. The molecule has 3 N–H and O–H groups in total. The van der Waals surface area contributed by atoms with Gasteiger partial charge in [0, 0.05) is 18.6 Å². The first-order valence-corrected chi connectivity index (χ1v) is 6.57. The molecule has 0 saturated heterocycles. The number of aryl methyl sites for hydroxylation is 1. The molecule has 0 spiro atoms. The number of para-hydroxylation sites is 1. The summed E-state index contributed by atoms with van der Waals surface area (Å²) in [6.07, 6.45) is 3.39. The largest absolute Gasteiger partial charge is 0.271 e. The van der Waals surface area contributed by atoms with Crippen molar-refractivity contribution in [1.82, 2.24) is 20.2 Å². The first-order chi connectivity index (χ1) is 9.72. The third-order valence-corrected chi connectivity index (χ3v) is 3.66. The van der Waals surface area contributed by atoms with Crippen LogP contribution in [0.5, 0.6) is 0 Å². The maximum Gasteiger partial charge on any atom is 0.0900 e. The third-order valence-electron chi connectivity index (χ3n) is 3.37. The second kappa shape index (κ2) is 5.20. The van der Waals surface area contributed by atoms with Crippen LogP contribution < -0.4 is 11.3 Å². The molecule has 0 aliphatic heterocycles. The molecule has 3 aromatic rings. The summed E-state index contributed by atoms with van der Waals surface area (Å²) in [6, 6.07) is 9.62. The molecule has 1 atom stereocenters. The van der Waals surface area contributed by atoms with Crippen LogP contribution in [0.15, 0.2) is 42.7 Å². The van der Waals surface area contributed by atoms with E-state index in [9.17, 15) is 0 Å². The predicted octanol–water partition coefficient (Wildman–Crippen LogP) is 2.17. The number of hydrogen-bond donors (Lipinski definition) is 2. The van der Waals surface area contributed by atoms with Crippen LogP contribution in [0.1, 0.15) is 17.3 Å². The van der Waals surface area contributed by atoms with Gasteiger partial charge < -0.3 is 0 Å². The monoisotopic (exact) mass is 287 g/mol. The van der Waals surface area contributed by atoms with Crippen molar-refractivity contribution in [2.45, 2.75) is 6.04 Å². The molecule has 0 bridgehead atoms. The second-order valence-corrected chi connectivity index (χ2v) is 4.93. The highest BCUT2D eigenvalue weighted by atomic mass is 35.5. The average molecular weight is 288 g/mol. The fourth-order valence-electron chi connectivity index (χ4n) is 2.43. The van der Waals surface area contributed by atoms with Gasteiger partial charge in [-0.25, -0.2) is 5.43 Å². The van der Waals surface area contributed by atoms with Crippen molar-refractivity contribution in [3.8, 4) is 0 Å². The molecule has 2 aromatic heterocycles. The quantitative estimate of drug-likeness (QED) is 0.572. The van der Waals surface area contributed by atoms with Crippen molar-refractivity contribution in [2.24, 2.45) is 12.9 Å². The van der Waals surface area contributed by atoms with Crippen molar-refractivity contribution < 1.29 is 0 Å². The van der Waals surface area contributed by atoms with Crippen LogP contribution in [-0.4, -0.2) is 14.8 Å². The number of halogens is 1. The van der Waals surface area contributed by atoms with Crippen molar-refractivity contribution in [3.63, 3.8) is 0 Å². The molecular formula is C14H14ClN5. The highest BCUT2D eigenvalue weighted by Crippen LogP contribution is 2.30. The number of fused-ring (bicyclic) bond motifs is 1. The van der Waals surface area contributed by atoms with Gasteiger partial charge in [-0.3, -0.25) is 15.5 Å². The zero-order valence-corrected chi connectivity index (χ0v) is 11.7. The SMILES string of the molecule is Cn1ncc(Cl)c1C(NN)c1ccnc2ccccc12. The van der Waals surface area contributed by atoms with Gasteiger partial charge in [0.05, 0.1) is 28.5 Å². The van der Waals surface area contributed by atoms with E-state index >= 15 is 0 Å². The standard InChI is InChI=1S/C14H14ClN5/c1-20-14(11(15)8-18-20)13(19-16)10-6-7-17-12-5-3-2-4-9(10)12/h2-8,13,19H,16H2,1H3. The van der Waals surface area contributed by atoms with E-state index in [-0.39, 0.29) is 6.04 Å². The van der Waals surface area contributed by atoms with Gasteiger partial charge >= 0.3 is 0 Å². The molecule has 3 rings (SSSR count). The Labute approximate surface area is 121 Å². The molecule has 2 heterocycles. The molecule has 0 fully saturated rings. The normalized spacial score (nSPS) is 12.8. The van der Waals surface area contributed by atoms with E-state index in [2.05, 4.69) is 15.5 Å². The van der Waals surface area contributed by atoms with Gasteiger partial charge in [0.1, 0.15) is 0 Å². The van der Waals surface area contributed by atoms with Gasteiger partial charge in [-0.15, -0.1) is 0 Å². The molecule has 0 saturated carbocycles. The van der Waals surface area contributed by atoms with Crippen LogP contribution in [0.2, 0.25) is 5.02 Å². The molecule has 1 unspecified atom stereocenters. The topological polar surface area (TPSA) is 68.8 Å². The van der Waals surface area contributed by atoms with Gasteiger partial charge in [0.2, 0.25) is 0 Å². The van der Waals surface area contributed by atoms with E-state index in [0.29, 0.717) is 5.02 Å². The molecule has 5 nitrogen and oxygen atoms in total. The predicted molar refractivity (Wildman–Crippen MR) is 79.1 cm³/mol. The minimum absolute atomic E-state index is 0.247. The van der Waals surface area contributed by atoms with Crippen LogP contribution in [0, 0.1) is 0 Å². The van der Waals surface area contributed by atoms with E-state index in [1.807, 2.05) is 37.4 Å². The number of hydrogen-bond acceptors (Lipinski definition) is 4. The van der Waals surface area contributed by atoms with Crippen LogP contribution in [0.25, 0.3) is 10.9 Å². The van der Waals surface area contributed by atoms with Gasteiger partial charge in [-0.1, -0.05) is 29.8 Å². The average Bonchev–Trinajstić information content (AvgIpc) is 2.81. The van der Waals surface area contributed by atoms with Crippen LogP contribution >= 0.6 is 11.6 Å². The zero-order valence-electron chi connectivity index (χ0n) is 10.9. The summed E-state index contributed by atoms with van der Waals surface area (Å²) in [4.78, 5) is 4.36. The number of nitrogens with one attached hydrogen (secondary N) is 1. The van der Waals surface area contributed by atoms with E-state index < -0.39 is 0 Å². The summed E-state index contributed by atoms with van der Waals surface area (Å²) in [5.41, 5.74) is 5.58.